The summed E-state index contributed by atoms with van der Waals surface area (Å²) in [5.41, 5.74) is 0. The minimum absolute atomic E-state index is 0.136. The number of aromatic nitrogens is 1. The zero-order chi connectivity index (χ0) is 13.7. The van der Waals surface area contributed by atoms with Crippen LogP contribution in [-0.4, -0.2) is 26.9 Å². The van der Waals surface area contributed by atoms with E-state index in [1.54, 1.807) is 13.1 Å². The van der Waals surface area contributed by atoms with Crippen LogP contribution in [0.4, 0.5) is 0 Å². The Labute approximate surface area is 115 Å². The van der Waals surface area contributed by atoms with Gasteiger partial charge in [-0.3, -0.25) is 9.00 Å². The lowest BCUT2D eigenvalue weighted by Crippen LogP contribution is -2.37. The first-order chi connectivity index (χ1) is 8.40. The third-order valence-electron chi connectivity index (χ3n) is 2.40. The number of nitrogens with zero attached hydrogens (tertiary/aromatic N) is 1. The lowest BCUT2D eigenvalue weighted by molar-refractivity contribution is -0.120. The van der Waals surface area contributed by atoms with Crippen molar-refractivity contribution in [1.82, 2.24) is 10.3 Å². The lowest BCUT2D eigenvalue weighted by atomic mass is 10.2. The number of rotatable bonds is 6. The van der Waals surface area contributed by atoms with Gasteiger partial charge < -0.3 is 5.32 Å². The minimum Gasteiger partial charge on any atom is -0.355 e. The Kier molecular flexibility index (Phi) is 5.95. The smallest absolute Gasteiger partial charge is 0.235 e. The number of aryl methyl sites for hydroxylation is 1. The molecule has 0 saturated heterocycles. The van der Waals surface area contributed by atoms with Crippen LogP contribution in [0.1, 0.15) is 30.7 Å². The fraction of sp³-hybridized carbons (Fsp3) is 0.667. The van der Waals surface area contributed by atoms with Gasteiger partial charge in [0.15, 0.2) is 0 Å². The van der Waals surface area contributed by atoms with Crippen LogP contribution in [0.15, 0.2) is 6.20 Å². The van der Waals surface area contributed by atoms with Crippen molar-refractivity contribution in [2.24, 2.45) is 5.92 Å². The average Bonchev–Trinajstić information content (AvgIpc) is 2.70. The predicted molar refractivity (Wildman–Crippen MR) is 76.0 cm³/mol. The molecule has 1 N–H and O–H groups in total. The second-order valence-corrected chi connectivity index (χ2v) is 7.73. The number of nitrogens with one attached hydrogen (secondary N) is 1. The molecule has 0 aliphatic heterocycles. The maximum absolute atomic E-state index is 12.0. The van der Waals surface area contributed by atoms with Crippen LogP contribution in [0.5, 0.6) is 0 Å². The summed E-state index contributed by atoms with van der Waals surface area (Å²) in [4.78, 5) is 16.9. The Morgan fingerprint density at radius 1 is 1.50 bits per heavy atom. The first kappa shape index (κ1) is 15.3. The van der Waals surface area contributed by atoms with E-state index >= 15 is 0 Å². The van der Waals surface area contributed by atoms with E-state index in [0.717, 1.165) is 9.88 Å². The van der Waals surface area contributed by atoms with Gasteiger partial charge in [-0.1, -0.05) is 13.8 Å². The van der Waals surface area contributed by atoms with Crippen molar-refractivity contribution in [3.8, 4) is 0 Å². The van der Waals surface area contributed by atoms with E-state index in [9.17, 15) is 9.00 Å². The Bertz CT molecular complexity index is 429. The highest BCUT2D eigenvalue weighted by Crippen LogP contribution is 2.15. The molecule has 0 fully saturated rings. The van der Waals surface area contributed by atoms with Gasteiger partial charge in [0.25, 0.3) is 0 Å². The molecule has 1 amide bonds. The molecular weight excluding hydrogens is 268 g/mol. The molecule has 18 heavy (non-hydrogen) atoms. The van der Waals surface area contributed by atoms with Gasteiger partial charge in [0.1, 0.15) is 5.25 Å². The summed E-state index contributed by atoms with van der Waals surface area (Å²) in [5, 5.41) is 3.29. The van der Waals surface area contributed by atoms with Gasteiger partial charge in [-0.25, -0.2) is 4.98 Å². The molecule has 1 rings (SSSR count). The molecule has 0 spiro atoms. The molecular formula is C12H20N2O2S2. The van der Waals surface area contributed by atoms with Crippen LogP contribution in [0.2, 0.25) is 0 Å². The summed E-state index contributed by atoms with van der Waals surface area (Å²) in [5.74, 6) is 0.670. The number of carbonyl (C=O) groups is 1. The van der Waals surface area contributed by atoms with Gasteiger partial charge >= 0.3 is 0 Å². The fourth-order valence-corrected chi connectivity index (χ4v) is 3.41. The molecule has 0 radical (unpaired) electrons. The molecule has 0 saturated carbocycles. The number of hydrogen-bond donors (Lipinski definition) is 1. The van der Waals surface area contributed by atoms with E-state index < -0.39 is 16.0 Å². The highest BCUT2D eigenvalue weighted by Gasteiger charge is 2.20. The van der Waals surface area contributed by atoms with E-state index in [4.69, 9.17) is 0 Å². The first-order valence-corrected chi connectivity index (χ1v) is 8.16. The van der Waals surface area contributed by atoms with Crippen molar-refractivity contribution in [1.29, 1.82) is 0 Å². The molecule has 0 aromatic carbocycles. The molecule has 4 nitrogen and oxygen atoms in total. The molecule has 1 aromatic heterocycles. The number of carbonyl (C=O) groups excluding carboxylic acids is 1. The quantitative estimate of drug-likeness (QED) is 0.869. The molecule has 0 unspecified atom stereocenters. The normalized spacial score (nSPS) is 14.5. The van der Waals surface area contributed by atoms with Crippen LogP contribution >= 0.6 is 11.3 Å². The fourth-order valence-electron chi connectivity index (χ4n) is 1.31. The van der Waals surface area contributed by atoms with Gasteiger partial charge in [0.2, 0.25) is 5.91 Å². The summed E-state index contributed by atoms with van der Waals surface area (Å²) >= 11 is 1.53. The molecule has 102 valence electrons. The number of hydrogen-bond acceptors (Lipinski definition) is 4. The van der Waals surface area contributed by atoms with Crippen LogP contribution < -0.4 is 5.32 Å². The Hall–Kier alpha value is -0.750. The maximum atomic E-state index is 12.0. The van der Waals surface area contributed by atoms with E-state index in [1.807, 2.05) is 20.8 Å². The molecule has 0 bridgehead atoms. The van der Waals surface area contributed by atoms with Gasteiger partial charge in [-0.05, 0) is 19.8 Å². The second kappa shape index (κ2) is 6.99. The Balaban J connectivity index is 2.48. The Morgan fingerprint density at radius 2 is 2.17 bits per heavy atom. The summed E-state index contributed by atoms with van der Waals surface area (Å²) in [6.07, 6.45) is 1.73. The van der Waals surface area contributed by atoms with Gasteiger partial charge in [0, 0.05) is 28.4 Å². The maximum Gasteiger partial charge on any atom is 0.235 e. The molecule has 1 heterocycles. The molecule has 6 heteroatoms. The van der Waals surface area contributed by atoms with E-state index in [2.05, 4.69) is 10.3 Å². The number of amides is 1. The topological polar surface area (TPSA) is 59.1 Å². The van der Waals surface area contributed by atoms with E-state index in [1.165, 1.54) is 11.3 Å². The van der Waals surface area contributed by atoms with E-state index in [-0.39, 0.29) is 5.91 Å². The van der Waals surface area contributed by atoms with Gasteiger partial charge in [-0.15, -0.1) is 11.3 Å². The van der Waals surface area contributed by atoms with Crippen molar-refractivity contribution >= 4 is 28.0 Å². The first-order valence-electron chi connectivity index (χ1n) is 5.96. The summed E-state index contributed by atoms with van der Waals surface area (Å²) in [7, 11) is -1.19. The van der Waals surface area contributed by atoms with Crippen LogP contribution in [0.25, 0.3) is 0 Å². The minimum atomic E-state index is -1.19. The SMILES string of the molecule is Cc1ncc(C[S@](=O)[C@@H](C)C(=O)NCC(C)C)s1. The highest BCUT2D eigenvalue weighted by atomic mass is 32.2. The largest absolute Gasteiger partial charge is 0.355 e. The van der Waals surface area contributed by atoms with Crippen LogP contribution in [-0.2, 0) is 21.3 Å². The third kappa shape index (κ3) is 4.86. The number of thiazole rings is 1. The second-order valence-electron chi connectivity index (χ2n) is 4.65. The standard InChI is InChI=1S/C12H20N2O2S2/c1-8(2)5-14-12(15)9(3)18(16)7-11-6-13-10(4)17-11/h6,8-9H,5,7H2,1-4H3,(H,14,15)/t9-,18-/m0/s1. The molecule has 0 aliphatic carbocycles. The van der Waals surface area contributed by atoms with Crippen LogP contribution in [0.3, 0.4) is 0 Å². The average molecular weight is 288 g/mol. The van der Waals surface area contributed by atoms with Crippen molar-refractivity contribution in [3.05, 3.63) is 16.1 Å². The zero-order valence-electron chi connectivity index (χ0n) is 11.2. The van der Waals surface area contributed by atoms with Crippen LogP contribution in [0, 0.1) is 12.8 Å². The molecule has 2 atom stereocenters. The monoisotopic (exact) mass is 288 g/mol. The highest BCUT2D eigenvalue weighted by molar-refractivity contribution is 7.85. The van der Waals surface area contributed by atoms with Gasteiger partial charge in [0.05, 0.1) is 10.8 Å². The lowest BCUT2D eigenvalue weighted by Gasteiger charge is -2.12. The van der Waals surface area contributed by atoms with Gasteiger partial charge in [-0.2, -0.15) is 0 Å². The van der Waals surface area contributed by atoms with E-state index in [0.29, 0.717) is 18.2 Å². The van der Waals surface area contributed by atoms with Crippen molar-refractivity contribution in [3.63, 3.8) is 0 Å². The van der Waals surface area contributed by atoms with Crippen molar-refractivity contribution in [2.75, 3.05) is 6.54 Å². The predicted octanol–water partition coefficient (Wildman–Crippen LogP) is 1.86. The molecule has 1 aromatic rings. The summed E-state index contributed by atoms with van der Waals surface area (Å²) < 4.78 is 12.0. The third-order valence-corrected chi connectivity index (χ3v) is 5.10. The Morgan fingerprint density at radius 3 is 2.67 bits per heavy atom. The summed E-state index contributed by atoms with van der Waals surface area (Å²) in [6, 6.07) is 0. The van der Waals surface area contributed by atoms with Crippen molar-refractivity contribution < 1.29 is 9.00 Å². The van der Waals surface area contributed by atoms with Crippen molar-refractivity contribution in [2.45, 2.75) is 38.7 Å². The zero-order valence-corrected chi connectivity index (χ0v) is 12.9. The molecule has 0 aliphatic rings. The summed E-state index contributed by atoms with van der Waals surface area (Å²) in [6.45, 7) is 8.31.